The first kappa shape index (κ1) is 14.1. The van der Waals surface area contributed by atoms with Gasteiger partial charge in [-0.15, -0.1) is 0 Å². The van der Waals surface area contributed by atoms with Crippen LogP contribution in [0.4, 0.5) is 5.69 Å². The van der Waals surface area contributed by atoms with Crippen LogP contribution >= 0.6 is 0 Å². The Balaban J connectivity index is 1.62. The highest BCUT2D eigenvalue weighted by atomic mass is 15.1. The lowest BCUT2D eigenvalue weighted by Crippen LogP contribution is -2.39. The predicted octanol–water partition coefficient (Wildman–Crippen LogP) is 3.22. The molecule has 2 N–H and O–H groups in total. The third-order valence-electron chi connectivity index (χ3n) is 4.46. The summed E-state index contributed by atoms with van der Waals surface area (Å²) >= 11 is 0. The zero-order valence-corrected chi connectivity index (χ0v) is 12.8. The molecular formula is C17H24N4. The Labute approximate surface area is 126 Å². The first-order valence-corrected chi connectivity index (χ1v) is 7.77. The molecule has 3 rings (SSSR count). The van der Waals surface area contributed by atoms with E-state index in [0.29, 0.717) is 6.04 Å². The van der Waals surface area contributed by atoms with Crippen LogP contribution in [0.15, 0.2) is 36.5 Å². The molecule has 0 spiro atoms. The zero-order valence-electron chi connectivity index (χ0n) is 12.8. The van der Waals surface area contributed by atoms with Gasteiger partial charge in [0, 0.05) is 24.5 Å². The fraction of sp³-hybridized carbons (Fsp3) is 0.471. The van der Waals surface area contributed by atoms with Gasteiger partial charge in [0.1, 0.15) is 0 Å². The largest absolute Gasteiger partial charge is 0.382 e. The lowest BCUT2D eigenvalue weighted by atomic mass is 9.91. The van der Waals surface area contributed by atoms with E-state index in [1.54, 1.807) is 6.20 Å². The number of aromatic nitrogens is 2. The molecule has 2 heterocycles. The summed E-state index contributed by atoms with van der Waals surface area (Å²) in [7, 11) is 2.22. The fourth-order valence-corrected chi connectivity index (χ4v) is 3.16. The van der Waals surface area contributed by atoms with E-state index in [-0.39, 0.29) is 0 Å². The number of rotatable bonds is 4. The van der Waals surface area contributed by atoms with Crippen LogP contribution in [0, 0.1) is 5.92 Å². The van der Waals surface area contributed by atoms with Gasteiger partial charge in [0.2, 0.25) is 0 Å². The van der Waals surface area contributed by atoms with Gasteiger partial charge >= 0.3 is 0 Å². The van der Waals surface area contributed by atoms with Crippen molar-refractivity contribution < 1.29 is 0 Å². The van der Waals surface area contributed by atoms with E-state index >= 15 is 0 Å². The van der Waals surface area contributed by atoms with Gasteiger partial charge in [0.05, 0.1) is 5.69 Å². The Kier molecular flexibility index (Phi) is 4.25. The second-order valence-corrected chi connectivity index (χ2v) is 6.15. The number of nitrogens with one attached hydrogen (secondary N) is 2. The minimum Gasteiger partial charge on any atom is -0.382 e. The average molecular weight is 284 g/mol. The van der Waals surface area contributed by atoms with Crippen molar-refractivity contribution >= 4 is 5.69 Å². The fourth-order valence-electron chi connectivity index (χ4n) is 3.16. The summed E-state index contributed by atoms with van der Waals surface area (Å²) in [5, 5.41) is 10.6. The van der Waals surface area contributed by atoms with Crippen LogP contribution in [0.2, 0.25) is 0 Å². The van der Waals surface area contributed by atoms with E-state index in [0.717, 1.165) is 11.6 Å². The molecule has 4 heteroatoms. The molecule has 0 amide bonds. The average Bonchev–Trinajstić information content (AvgIpc) is 3.02. The highest BCUT2D eigenvalue weighted by Gasteiger charge is 2.22. The van der Waals surface area contributed by atoms with Gasteiger partial charge in [-0.05, 0) is 63.0 Å². The maximum absolute atomic E-state index is 3.99. The summed E-state index contributed by atoms with van der Waals surface area (Å²) in [6, 6.07) is 11.1. The number of nitrogens with zero attached hydrogens (tertiary/aromatic N) is 2. The van der Waals surface area contributed by atoms with Crippen LogP contribution < -0.4 is 5.32 Å². The number of hydrogen-bond acceptors (Lipinski definition) is 3. The van der Waals surface area contributed by atoms with Crippen LogP contribution in [0.1, 0.15) is 19.8 Å². The van der Waals surface area contributed by atoms with Crippen molar-refractivity contribution in [3.05, 3.63) is 36.5 Å². The maximum Gasteiger partial charge on any atom is 0.0650 e. The summed E-state index contributed by atoms with van der Waals surface area (Å²) in [5.74, 6) is 0.732. The maximum atomic E-state index is 3.99. The van der Waals surface area contributed by atoms with Gasteiger partial charge in [0.15, 0.2) is 0 Å². The van der Waals surface area contributed by atoms with E-state index in [1.807, 2.05) is 6.07 Å². The zero-order chi connectivity index (χ0) is 14.7. The van der Waals surface area contributed by atoms with E-state index in [1.165, 1.54) is 37.2 Å². The monoisotopic (exact) mass is 284 g/mol. The van der Waals surface area contributed by atoms with Crippen molar-refractivity contribution in [1.29, 1.82) is 0 Å². The van der Waals surface area contributed by atoms with Gasteiger partial charge in [-0.2, -0.15) is 5.10 Å². The summed E-state index contributed by atoms with van der Waals surface area (Å²) in [5.41, 5.74) is 3.42. The van der Waals surface area contributed by atoms with Gasteiger partial charge in [0.25, 0.3) is 0 Å². The third-order valence-corrected chi connectivity index (χ3v) is 4.46. The number of likely N-dealkylation sites (tertiary alicyclic amines) is 1. The van der Waals surface area contributed by atoms with Gasteiger partial charge < -0.3 is 10.2 Å². The standard InChI is InChI=1S/C17H24N4/c1-13(15-4-3-11-21(2)12-15)19-16-7-5-14(6-8-16)17-9-10-18-20-17/h5-10,13,15,19H,3-4,11-12H2,1-2H3,(H,18,20). The molecule has 2 atom stereocenters. The quantitative estimate of drug-likeness (QED) is 0.906. The molecule has 1 saturated heterocycles. The molecule has 2 aromatic rings. The second kappa shape index (κ2) is 6.31. The number of piperidine rings is 1. The summed E-state index contributed by atoms with van der Waals surface area (Å²) in [6.45, 7) is 4.73. The van der Waals surface area contributed by atoms with Gasteiger partial charge in [-0.25, -0.2) is 0 Å². The normalized spacial score (nSPS) is 21.1. The first-order chi connectivity index (χ1) is 10.2. The summed E-state index contributed by atoms with van der Waals surface area (Å²) < 4.78 is 0. The molecule has 1 aromatic heterocycles. The Morgan fingerprint density at radius 1 is 1.29 bits per heavy atom. The number of benzene rings is 1. The lowest BCUT2D eigenvalue weighted by molar-refractivity contribution is 0.197. The van der Waals surface area contributed by atoms with Crippen molar-refractivity contribution in [1.82, 2.24) is 15.1 Å². The molecule has 0 bridgehead atoms. The number of anilines is 1. The third kappa shape index (κ3) is 3.45. The van der Waals surface area contributed by atoms with Crippen LogP contribution in [-0.2, 0) is 0 Å². The molecule has 4 nitrogen and oxygen atoms in total. The molecule has 21 heavy (non-hydrogen) atoms. The van der Waals surface area contributed by atoms with Crippen molar-refractivity contribution in [3.8, 4) is 11.3 Å². The Morgan fingerprint density at radius 3 is 2.76 bits per heavy atom. The molecule has 2 unspecified atom stereocenters. The first-order valence-electron chi connectivity index (χ1n) is 7.77. The van der Waals surface area contributed by atoms with Crippen LogP contribution in [0.3, 0.4) is 0 Å². The number of aromatic amines is 1. The topological polar surface area (TPSA) is 44.0 Å². The molecule has 0 aliphatic carbocycles. The van der Waals surface area contributed by atoms with Crippen molar-refractivity contribution in [2.24, 2.45) is 5.92 Å². The Hall–Kier alpha value is -1.81. The molecule has 1 aliphatic rings. The summed E-state index contributed by atoms with van der Waals surface area (Å²) in [6.07, 6.45) is 4.42. The van der Waals surface area contributed by atoms with Crippen LogP contribution in [0.25, 0.3) is 11.3 Å². The minimum atomic E-state index is 0.505. The smallest absolute Gasteiger partial charge is 0.0650 e. The van der Waals surface area contributed by atoms with Crippen LogP contribution in [0.5, 0.6) is 0 Å². The predicted molar refractivity (Wildman–Crippen MR) is 87.3 cm³/mol. The van der Waals surface area contributed by atoms with Gasteiger partial charge in [-0.3, -0.25) is 5.10 Å². The second-order valence-electron chi connectivity index (χ2n) is 6.15. The highest BCUT2D eigenvalue weighted by Crippen LogP contribution is 2.23. The van der Waals surface area contributed by atoms with Crippen molar-refractivity contribution in [2.45, 2.75) is 25.8 Å². The molecule has 0 saturated carbocycles. The Morgan fingerprint density at radius 2 is 2.10 bits per heavy atom. The van der Waals surface area contributed by atoms with Crippen molar-refractivity contribution in [3.63, 3.8) is 0 Å². The van der Waals surface area contributed by atoms with Crippen LogP contribution in [-0.4, -0.2) is 41.3 Å². The number of H-pyrrole nitrogens is 1. The molecule has 1 aromatic carbocycles. The van der Waals surface area contributed by atoms with E-state index in [2.05, 4.69) is 58.7 Å². The molecule has 1 aliphatic heterocycles. The van der Waals surface area contributed by atoms with Crippen molar-refractivity contribution in [2.75, 3.05) is 25.5 Å². The number of hydrogen-bond donors (Lipinski definition) is 2. The van der Waals surface area contributed by atoms with E-state index in [4.69, 9.17) is 0 Å². The molecule has 112 valence electrons. The SMILES string of the molecule is CC(Nc1ccc(-c2ccn[nH]2)cc1)C1CCCN(C)C1. The summed E-state index contributed by atoms with van der Waals surface area (Å²) in [4.78, 5) is 2.44. The molecule has 1 fully saturated rings. The van der Waals surface area contributed by atoms with E-state index in [9.17, 15) is 0 Å². The molecular weight excluding hydrogens is 260 g/mol. The van der Waals surface area contributed by atoms with Gasteiger partial charge in [-0.1, -0.05) is 12.1 Å². The molecule has 0 radical (unpaired) electrons. The Bertz CT molecular complexity index is 547. The highest BCUT2D eigenvalue weighted by molar-refractivity contribution is 5.62. The minimum absolute atomic E-state index is 0.505. The van der Waals surface area contributed by atoms with E-state index < -0.39 is 0 Å². The lowest BCUT2D eigenvalue weighted by Gasteiger charge is -2.34.